The molecule has 3 amide bonds. The van der Waals surface area contributed by atoms with Crippen LogP contribution in [0, 0.1) is 0 Å². The Morgan fingerprint density at radius 1 is 1.35 bits per heavy atom. The van der Waals surface area contributed by atoms with Crippen LogP contribution >= 0.6 is 0 Å². The average Bonchev–Trinajstić information content (AvgIpc) is 2.57. The van der Waals surface area contributed by atoms with E-state index in [1.165, 1.54) is 0 Å². The minimum Gasteiger partial charge on any atom is -0.394 e. The van der Waals surface area contributed by atoms with Crippen molar-refractivity contribution in [2.45, 2.75) is 31.0 Å². The van der Waals surface area contributed by atoms with Crippen LogP contribution in [0.15, 0.2) is 0 Å². The maximum Gasteiger partial charge on any atom is 0.326 e. The van der Waals surface area contributed by atoms with Gasteiger partial charge in [-0.1, -0.05) is 0 Å². The number of imide groups is 1. The fourth-order valence-electron chi connectivity index (χ4n) is 1.96. The molecule has 0 aromatic carbocycles. The molecule has 96 valence electrons. The van der Waals surface area contributed by atoms with Gasteiger partial charge in [0.05, 0.1) is 6.61 Å². The fourth-order valence-corrected chi connectivity index (χ4v) is 1.96. The quantitative estimate of drug-likeness (QED) is 0.423. The summed E-state index contributed by atoms with van der Waals surface area (Å²) in [5.74, 6) is -0.391. The normalized spacial score (nSPS) is 38.4. The van der Waals surface area contributed by atoms with Gasteiger partial charge in [-0.25, -0.2) is 4.79 Å². The zero-order valence-corrected chi connectivity index (χ0v) is 8.94. The molecular formula is C9H14N2O6. The number of aliphatic hydroxyl groups excluding tert-OH is 3. The second kappa shape index (κ2) is 4.57. The monoisotopic (exact) mass is 246 g/mol. The molecule has 2 saturated heterocycles. The van der Waals surface area contributed by atoms with E-state index in [2.05, 4.69) is 5.32 Å². The van der Waals surface area contributed by atoms with Gasteiger partial charge < -0.3 is 20.1 Å². The van der Waals surface area contributed by atoms with Crippen molar-refractivity contribution in [1.82, 2.24) is 10.2 Å². The molecule has 4 atom stereocenters. The SMILES string of the molecule is O=C1CCN([C@@H]2O[C@H](CO)C(O)[C@@H]2O)C(=O)N1. The van der Waals surface area contributed by atoms with Crippen molar-refractivity contribution in [2.24, 2.45) is 0 Å². The Bertz CT molecular complexity index is 335. The van der Waals surface area contributed by atoms with Gasteiger partial charge in [-0.3, -0.25) is 15.0 Å². The summed E-state index contributed by atoms with van der Waals surface area (Å²) in [7, 11) is 0. The Morgan fingerprint density at radius 3 is 2.59 bits per heavy atom. The maximum absolute atomic E-state index is 11.5. The van der Waals surface area contributed by atoms with Gasteiger partial charge in [-0.2, -0.15) is 0 Å². The summed E-state index contributed by atoms with van der Waals surface area (Å²) in [4.78, 5) is 23.6. The van der Waals surface area contributed by atoms with E-state index < -0.39 is 43.1 Å². The highest BCUT2D eigenvalue weighted by Gasteiger charge is 2.47. The van der Waals surface area contributed by atoms with Crippen LogP contribution in [-0.2, 0) is 9.53 Å². The number of carbonyl (C=O) groups excluding carboxylic acids is 2. The number of nitrogens with one attached hydrogen (secondary N) is 1. The first-order chi connectivity index (χ1) is 8.04. The lowest BCUT2D eigenvalue weighted by atomic mass is 10.1. The number of nitrogens with zero attached hydrogens (tertiary/aromatic N) is 1. The molecule has 0 aromatic heterocycles. The second-order valence-corrected chi connectivity index (χ2v) is 4.03. The molecule has 2 aliphatic rings. The summed E-state index contributed by atoms with van der Waals surface area (Å²) in [6.07, 6.45) is -4.42. The second-order valence-electron chi connectivity index (χ2n) is 4.03. The van der Waals surface area contributed by atoms with Crippen LogP contribution < -0.4 is 5.32 Å². The van der Waals surface area contributed by atoms with Crippen LogP contribution in [0.2, 0.25) is 0 Å². The third kappa shape index (κ3) is 2.12. The van der Waals surface area contributed by atoms with Crippen molar-refractivity contribution in [3.63, 3.8) is 0 Å². The molecule has 8 nitrogen and oxygen atoms in total. The van der Waals surface area contributed by atoms with Gasteiger partial charge in [-0.15, -0.1) is 0 Å². The van der Waals surface area contributed by atoms with E-state index >= 15 is 0 Å². The molecule has 2 fully saturated rings. The van der Waals surface area contributed by atoms with E-state index in [9.17, 15) is 19.8 Å². The van der Waals surface area contributed by atoms with E-state index in [-0.39, 0.29) is 13.0 Å². The van der Waals surface area contributed by atoms with Crippen molar-refractivity contribution in [1.29, 1.82) is 0 Å². The number of hydrogen-bond donors (Lipinski definition) is 4. The average molecular weight is 246 g/mol. The van der Waals surface area contributed by atoms with E-state index in [0.29, 0.717) is 0 Å². The van der Waals surface area contributed by atoms with Crippen molar-refractivity contribution < 1.29 is 29.6 Å². The van der Waals surface area contributed by atoms with E-state index in [1.807, 2.05) is 0 Å². The lowest BCUT2D eigenvalue weighted by Crippen LogP contribution is -2.56. The molecule has 0 spiro atoms. The van der Waals surface area contributed by atoms with Crippen LogP contribution in [0.4, 0.5) is 4.79 Å². The Balaban J connectivity index is 2.08. The Hall–Kier alpha value is -1.22. The molecular weight excluding hydrogens is 232 g/mol. The summed E-state index contributed by atoms with van der Waals surface area (Å²) in [5.41, 5.74) is 0. The zero-order valence-electron chi connectivity index (χ0n) is 8.94. The first kappa shape index (κ1) is 12.2. The van der Waals surface area contributed by atoms with Crippen LogP contribution in [0.5, 0.6) is 0 Å². The Kier molecular flexibility index (Phi) is 3.29. The highest BCUT2D eigenvalue weighted by molar-refractivity contribution is 5.96. The van der Waals surface area contributed by atoms with Gasteiger partial charge in [0, 0.05) is 13.0 Å². The summed E-state index contributed by atoms with van der Waals surface area (Å²) >= 11 is 0. The number of hydrogen-bond acceptors (Lipinski definition) is 6. The maximum atomic E-state index is 11.5. The van der Waals surface area contributed by atoms with E-state index in [4.69, 9.17) is 9.84 Å². The summed E-state index contributed by atoms with van der Waals surface area (Å²) in [6, 6.07) is -0.670. The number of ether oxygens (including phenoxy) is 1. The van der Waals surface area contributed by atoms with Gasteiger partial charge in [0.15, 0.2) is 6.23 Å². The fraction of sp³-hybridized carbons (Fsp3) is 0.778. The highest BCUT2D eigenvalue weighted by Crippen LogP contribution is 2.25. The summed E-state index contributed by atoms with van der Waals surface area (Å²) in [5, 5.41) is 30.2. The van der Waals surface area contributed by atoms with Gasteiger partial charge in [0.25, 0.3) is 0 Å². The standard InChI is InChI=1S/C9H14N2O6/c12-3-4-6(14)7(15)8(17-4)11-2-1-5(13)10-9(11)16/h4,6-8,12,14-15H,1-3H2,(H,10,13,16)/t4-,6?,7+,8-/m1/s1. The van der Waals surface area contributed by atoms with Crippen molar-refractivity contribution in [3.8, 4) is 0 Å². The molecule has 0 radical (unpaired) electrons. The van der Waals surface area contributed by atoms with Crippen molar-refractivity contribution in [2.75, 3.05) is 13.2 Å². The Labute approximate surface area is 96.8 Å². The number of aliphatic hydroxyl groups is 3. The molecule has 0 bridgehead atoms. The molecule has 4 N–H and O–H groups in total. The van der Waals surface area contributed by atoms with Crippen molar-refractivity contribution >= 4 is 11.9 Å². The summed E-state index contributed by atoms with van der Waals surface area (Å²) < 4.78 is 5.18. The lowest BCUT2D eigenvalue weighted by Gasteiger charge is -2.32. The summed E-state index contributed by atoms with van der Waals surface area (Å²) in [6.45, 7) is -0.347. The number of amides is 3. The smallest absolute Gasteiger partial charge is 0.326 e. The topological polar surface area (TPSA) is 119 Å². The molecule has 17 heavy (non-hydrogen) atoms. The van der Waals surface area contributed by atoms with Gasteiger partial charge in [0.2, 0.25) is 5.91 Å². The predicted molar refractivity (Wildman–Crippen MR) is 52.6 cm³/mol. The molecule has 2 aliphatic heterocycles. The molecule has 2 rings (SSSR count). The third-order valence-electron chi connectivity index (χ3n) is 2.91. The van der Waals surface area contributed by atoms with Crippen molar-refractivity contribution in [3.05, 3.63) is 0 Å². The number of rotatable bonds is 2. The number of urea groups is 1. The van der Waals surface area contributed by atoms with Gasteiger partial charge in [-0.05, 0) is 0 Å². The molecule has 0 aromatic rings. The molecule has 0 aliphatic carbocycles. The first-order valence-corrected chi connectivity index (χ1v) is 5.27. The first-order valence-electron chi connectivity index (χ1n) is 5.27. The minimum absolute atomic E-state index is 0.108. The largest absolute Gasteiger partial charge is 0.394 e. The van der Waals surface area contributed by atoms with Crippen LogP contribution in [0.25, 0.3) is 0 Å². The van der Waals surface area contributed by atoms with Crippen LogP contribution in [-0.4, -0.2) is 69.8 Å². The molecule has 8 heteroatoms. The third-order valence-corrected chi connectivity index (χ3v) is 2.91. The lowest BCUT2D eigenvalue weighted by molar-refractivity contribution is -0.125. The zero-order chi connectivity index (χ0) is 12.6. The molecule has 0 saturated carbocycles. The van der Waals surface area contributed by atoms with Gasteiger partial charge in [0.1, 0.15) is 18.3 Å². The molecule has 2 heterocycles. The van der Waals surface area contributed by atoms with E-state index in [1.54, 1.807) is 0 Å². The van der Waals surface area contributed by atoms with Crippen LogP contribution in [0.3, 0.4) is 0 Å². The highest BCUT2D eigenvalue weighted by atomic mass is 16.6. The Morgan fingerprint density at radius 2 is 2.06 bits per heavy atom. The van der Waals surface area contributed by atoms with E-state index in [0.717, 1.165) is 4.90 Å². The minimum atomic E-state index is -1.30. The molecule has 1 unspecified atom stereocenters. The van der Waals surface area contributed by atoms with Crippen LogP contribution in [0.1, 0.15) is 6.42 Å². The van der Waals surface area contributed by atoms with Gasteiger partial charge >= 0.3 is 6.03 Å². The predicted octanol–water partition coefficient (Wildman–Crippen LogP) is -2.63. The number of carbonyl (C=O) groups is 2.